The first-order chi connectivity index (χ1) is 18.1. The van der Waals surface area contributed by atoms with Crippen molar-refractivity contribution in [1.29, 1.82) is 0 Å². The van der Waals surface area contributed by atoms with E-state index in [1.54, 1.807) is 0 Å². The number of anilines is 2. The van der Waals surface area contributed by atoms with Gasteiger partial charge in [0.15, 0.2) is 0 Å². The van der Waals surface area contributed by atoms with Gasteiger partial charge in [-0.05, 0) is 67.4 Å². The lowest BCUT2D eigenvalue weighted by Gasteiger charge is -2.38. The second kappa shape index (κ2) is 11.0. The smallest absolute Gasteiger partial charge is 0.0737 e. The molecule has 0 bridgehead atoms. The normalized spacial score (nSPS) is 17.7. The zero-order chi connectivity index (χ0) is 25.2. The SMILES string of the molecule is Clc1ccc2c(N3CCN(CCCN4CCN(c5ccnc6cc(Cl)ccc56)CC4)CC3)cccc2c1. The monoisotopic (exact) mass is 533 g/mol. The molecule has 0 amide bonds. The maximum atomic E-state index is 6.21. The third-order valence-corrected chi connectivity index (χ3v) is 8.35. The summed E-state index contributed by atoms with van der Waals surface area (Å²) in [5.41, 5.74) is 3.57. The summed E-state index contributed by atoms with van der Waals surface area (Å²) in [6, 6.07) is 20.9. The minimum absolute atomic E-state index is 0.738. The standard InChI is InChI=1S/C30H33Cl2N5/c31-24-5-7-26-23(21-24)3-1-4-29(26)36-17-13-34(14-18-36)11-2-12-35-15-19-37(20-16-35)30-9-10-33-28-22-25(32)6-8-27(28)30/h1,3-10,21-22H,2,11-20H2. The van der Waals surface area contributed by atoms with Gasteiger partial charge < -0.3 is 9.80 Å². The number of halogens is 2. The largest absolute Gasteiger partial charge is 0.368 e. The van der Waals surface area contributed by atoms with Crippen LogP contribution in [0, 0.1) is 0 Å². The second-order valence-electron chi connectivity index (χ2n) is 10.1. The highest BCUT2D eigenvalue weighted by atomic mass is 35.5. The molecular weight excluding hydrogens is 501 g/mol. The van der Waals surface area contributed by atoms with E-state index in [9.17, 15) is 0 Å². The summed E-state index contributed by atoms with van der Waals surface area (Å²) in [6.45, 7) is 11.1. The summed E-state index contributed by atoms with van der Waals surface area (Å²) < 4.78 is 0. The highest BCUT2D eigenvalue weighted by Gasteiger charge is 2.21. The van der Waals surface area contributed by atoms with Crippen molar-refractivity contribution >= 4 is 56.3 Å². The van der Waals surface area contributed by atoms with Crippen molar-refractivity contribution in [3.05, 3.63) is 76.9 Å². The van der Waals surface area contributed by atoms with E-state index in [4.69, 9.17) is 23.2 Å². The highest BCUT2D eigenvalue weighted by molar-refractivity contribution is 6.31. The third kappa shape index (κ3) is 5.51. The van der Waals surface area contributed by atoms with Crippen LogP contribution >= 0.6 is 23.2 Å². The van der Waals surface area contributed by atoms with Gasteiger partial charge in [0.05, 0.1) is 5.52 Å². The fourth-order valence-electron chi connectivity index (χ4n) is 5.84. The van der Waals surface area contributed by atoms with Crippen LogP contribution in [-0.2, 0) is 0 Å². The van der Waals surface area contributed by atoms with Crippen LogP contribution in [-0.4, -0.2) is 80.2 Å². The number of fused-ring (bicyclic) bond motifs is 2. The summed E-state index contributed by atoms with van der Waals surface area (Å²) in [4.78, 5) is 14.8. The fraction of sp³-hybridized carbons (Fsp3) is 0.367. The summed E-state index contributed by atoms with van der Waals surface area (Å²) in [5, 5.41) is 5.23. The molecule has 1 aromatic heterocycles. The Kier molecular flexibility index (Phi) is 7.39. The lowest BCUT2D eigenvalue weighted by molar-refractivity contribution is 0.213. The number of hydrogen-bond acceptors (Lipinski definition) is 5. The van der Waals surface area contributed by atoms with Gasteiger partial charge in [-0.1, -0.05) is 41.4 Å². The minimum Gasteiger partial charge on any atom is -0.368 e. The molecule has 2 aliphatic heterocycles. The van der Waals surface area contributed by atoms with Gasteiger partial charge in [-0.15, -0.1) is 0 Å². The number of nitrogens with zero attached hydrogens (tertiary/aromatic N) is 5. The van der Waals surface area contributed by atoms with Crippen LogP contribution in [0.2, 0.25) is 10.0 Å². The van der Waals surface area contributed by atoms with Crippen molar-refractivity contribution in [1.82, 2.24) is 14.8 Å². The van der Waals surface area contributed by atoms with Crippen molar-refractivity contribution in [2.75, 3.05) is 75.2 Å². The Bertz CT molecular complexity index is 1270. The molecule has 6 rings (SSSR count). The first-order valence-corrected chi connectivity index (χ1v) is 14.1. The maximum absolute atomic E-state index is 6.21. The van der Waals surface area contributed by atoms with Gasteiger partial charge in [0, 0.05) is 90.7 Å². The van der Waals surface area contributed by atoms with Gasteiger partial charge in [-0.2, -0.15) is 0 Å². The Hall–Kier alpha value is -2.57. The quantitative estimate of drug-likeness (QED) is 0.301. The zero-order valence-corrected chi connectivity index (χ0v) is 22.6. The molecule has 37 heavy (non-hydrogen) atoms. The molecular formula is C30H33Cl2N5. The van der Waals surface area contributed by atoms with Gasteiger partial charge in [-0.3, -0.25) is 14.8 Å². The Labute approximate surface area is 229 Å². The third-order valence-electron chi connectivity index (χ3n) is 7.88. The minimum atomic E-state index is 0.738. The van der Waals surface area contributed by atoms with E-state index in [0.29, 0.717) is 0 Å². The van der Waals surface area contributed by atoms with E-state index in [-0.39, 0.29) is 0 Å². The summed E-state index contributed by atoms with van der Waals surface area (Å²) in [7, 11) is 0. The molecule has 0 unspecified atom stereocenters. The van der Waals surface area contributed by atoms with E-state index in [2.05, 4.69) is 67.0 Å². The number of piperazine rings is 2. The van der Waals surface area contributed by atoms with Crippen molar-refractivity contribution in [2.45, 2.75) is 6.42 Å². The predicted octanol–water partition coefficient (Wildman–Crippen LogP) is 6.03. The average molecular weight is 535 g/mol. The summed E-state index contributed by atoms with van der Waals surface area (Å²) in [5.74, 6) is 0. The molecule has 3 heterocycles. The van der Waals surface area contributed by atoms with Gasteiger partial charge >= 0.3 is 0 Å². The first kappa shape index (κ1) is 24.7. The van der Waals surface area contributed by atoms with Crippen LogP contribution in [0.15, 0.2) is 66.9 Å². The molecule has 0 N–H and O–H groups in total. The number of benzene rings is 3. The summed E-state index contributed by atoms with van der Waals surface area (Å²) >= 11 is 12.4. The van der Waals surface area contributed by atoms with E-state index in [1.165, 1.54) is 47.0 Å². The van der Waals surface area contributed by atoms with Gasteiger partial charge in [0.2, 0.25) is 0 Å². The van der Waals surface area contributed by atoms with Crippen molar-refractivity contribution in [2.24, 2.45) is 0 Å². The molecule has 2 saturated heterocycles. The molecule has 0 saturated carbocycles. The molecule has 2 aliphatic rings. The first-order valence-electron chi connectivity index (χ1n) is 13.3. The van der Waals surface area contributed by atoms with Crippen molar-refractivity contribution in [3.8, 4) is 0 Å². The molecule has 5 nitrogen and oxygen atoms in total. The fourth-order valence-corrected chi connectivity index (χ4v) is 6.18. The van der Waals surface area contributed by atoms with Gasteiger partial charge in [0.1, 0.15) is 0 Å². The predicted molar refractivity (Wildman–Crippen MR) is 158 cm³/mol. The van der Waals surface area contributed by atoms with Crippen LogP contribution in [0.1, 0.15) is 6.42 Å². The lowest BCUT2D eigenvalue weighted by atomic mass is 10.1. The maximum Gasteiger partial charge on any atom is 0.0737 e. The van der Waals surface area contributed by atoms with E-state index in [0.717, 1.165) is 67.9 Å². The van der Waals surface area contributed by atoms with Crippen LogP contribution < -0.4 is 9.80 Å². The molecule has 7 heteroatoms. The number of aromatic nitrogens is 1. The molecule has 4 aromatic rings. The van der Waals surface area contributed by atoms with Crippen LogP contribution in [0.25, 0.3) is 21.7 Å². The Morgan fingerprint density at radius 1 is 0.622 bits per heavy atom. The molecule has 0 atom stereocenters. The van der Waals surface area contributed by atoms with E-state index in [1.807, 2.05) is 24.4 Å². The Balaban J connectivity index is 0.965. The zero-order valence-electron chi connectivity index (χ0n) is 21.1. The van der Waals surface area contributed by atoms with E-state index >= 15 is 0 Å². The van der Waals surface area contributed by atoms with E-state index < -0.39 is 0 Å². The Morgan fingerprint density at radius 3 is 1.89 bits per heavy atom. The van der Waals surface area contributed by atoms with Gasteiger partial charge in [0.25, 0.3) is 0 Å². The molecule has 2 fully saturated rings. The lowest BCUT2D eigenvalue weighted by Crippen LogP contribution is -2.48. The van der Waals surface area contributed by atoms with Crippen LogP contribution in [0.3, 0.4) is 0 Å². The molecule has 0 aliphatic carbocycles. The van der Waals surface area contributed by atoms with Crippen LogP contribution in [0.4, 0.5) is 11.4 Å². The molecule has 0 radical (unpaired) electrons. The van der Waals surface area contributed by atoms with Gasteiger partial charge in [-0.25, -0.2) is 0 Å². The van der Waals surface area contributed by atoms with Crippen molar-refractivity contribution in [3.63, 3.8) is 0 Å². The second-order valence-corrected chi connectivity index (χ2v) is 11.0. The van der Waals surface area contributed by atoms with Crippen LogP contribution in [0.5, 0.6) is 0 Å². The number of rotatable bonds is 6. The molecule has 192 valence electrons. The highest BCUT2D eigenvalue weighted by Crippen LogP contribution is 2.30. The number of pyridine rings is 1. The number of hydrogen-bond donors (Lipinski definition) is 0. The topological polar surface area (TPSA) is 25.9 Å². The average Bonchev–Trinajstić information content (AvgIpc) is 2.93. The molecule has 3 aromatic carbocycles. The molecule has 0 spiro atoms. The summed E-state index contributed by atoms with van der Waals surface area (Å²) in [6.07, 6.45) is 3.12. The Morgan fingerprint density at radius 2 is 1.22 bits per heavy atom. The van der Waals surface area contributed by atoms with Crippen molar-refractivity contribution < 1.29 is 0 Å².